The number of nitrogens with two attached hydrogens (primary N) is 1. The van der Waals surface area contributed by atoms with Crippen LogP contribution >= 0.6 is 0 Å². The average Bonchev–Trinajstić information content (AvgIpc) is 3.26. The van der Waals surface area contributed by atoms with E-state index in [2.05, 4.69) is 30.0 Å². The van der Waals surface area contributed by atoms with E-state index in [4.69, 9.17) is 11.1 Å². The number of unbranched alkanes of at least 4 members (excludes halogenated alkanes) is 1. The molecule has 1 saturated carbocycles. The molecule has 2 atom stereocenters. The number of guanidine groups is 1. The van der Waals surface area contributed by atoms with Gasteiger partial charge in [-0.25, -0.2) is 5.48 Å². The van der Waals surface area contributed by atoms with E-state index in [9.17, 15) is 10.0 Å². The number of hydrogen-bond acceptors (Lipinski definition) is 4. The van der Waals surface area contributed by atoms with E-state index in [-0.39, 0.29) is 23.8 Å². The van der Waals surface area contributed by atoms with Crippen LogP contribution in [0.2, 0.25) is 0 Å². The van der Waals surface area contributed by atoms with Crippen molar-refractivity contribution in [1.82, 2.24) is 16.1 Å². The largest absolute Gasteiger partial charge is 0.370 e. The normalized spacial score (nSPS) is 17.1. The molecule has 0 bridgehead atoms. The summed E-state index contributed by atoms with van der Waals surface area (Å²) in [6, 6.07) is -0.137. The fraction of sp³-hybridized carbons (Fsp3) is 0.867. The number of hydroxylamine groups is 1. The van der Waals surface area contributed by atoms with Gasteiger partial charge < -0.3 is 21.6 Å². The molecule has 1 rings (SSSR count). The molecule has 1 unspecified atom stereocenters. The second-order valence-corrected chi connectivity index (χ2v) is 6.57. The third kappa shape index (κ3) is 7.09. The van der Waals surface area contributed by atoms with Crippen LogP contribution in [-0.4, -0.2) is 36.2 Å². The van der Waals surface area contributed by atoms with E-state index < -0.39 is 0 Å². The van der Waals surface area contributed by atoms with Gasteiger partial charge in [-0.3, -0.25) is 10.2 Å². The molecule has 0 aliphatic heterocycles. The molecule has 1 fully saturated rings. The zero-order valence-electron chi connectivity index (χ0n) is 13.7. The average molecular weight is 313 g/mol. The first-order valence-electron chi connectivity index (χ1n) is 8.21. The predicted octanol–water partition coefficient (Wildman–Crippen LogP) is 0.786. The van der Waals surface area contributed by atoms with Crippen molar-refractivity contribution in [3.05, 3.63) is 0 Å². The van der Waals surface area contributed by atoms with E-state index in [1.165, 1.54) is 0 Å². The molecular formula is C15H31N5O2. The highest BCUT2D eigenvalue weighted by Gasteiger charge is 2.39. The fourth-order valence-corrected chi connectivity index (χ4v) is 2.72. The van der Waals surface area contributed by atoms with Crippen molar-refractivity contribution >= 4 is 11.9 Å². The van der Waals surface area contributed by atoms with Gasteiger partial charge in [0.15, 0.2) is 5.96 Å². The van der Waals surface area contributed by atoms with E-state index in [1.54, 1.807) is 0 Å². The van der Waals surface area contributed by atoms with Gasteiger partial charge in [0.25, 0.3) is 0 Å². The SMILES string of the molecule is CC(C)C[C@H](C(=O)NCCCCNC(=N)N)C(NO)C1CC1. The summed E-state index contributed by atoms with van der Waals surface area (Å²) < 4.78 is 0. The highest BCUT2D eigenvalue weighted by atomic mass is 16.5. The zero-order valence-corrected chi connectivity index (χ0v) is 13.7. The molecule has 0 aromatic carbocycles. The maximum atomic E-state index is 12.4. The van der Waals surface area contributed by atoms with Crippen LogP contribution in [0.4, 0.5) is 0 Å². The van der Waals surface area contributed by atoms with Gasteiger partial charge in [0, 0.05) is 19.1 Å². The molecule has 0 radical (unpaired) electrons. The van der Waals surface area contributed by atoms with Crippen molar-refractivity contribution in [2.24, 2.45) is 23.5 Å². The second-order valence-electron chi connectivity index (χ2n) is 6.57. The van der Waals surface area contributed by atoms with E-state index in [0.717, 1.165) is 32.1 Å². The van der Waals surface area contributed by atoms with Gasteiger partial charge in [0.1, 0.15) is 0 Å². The number of carbonyl (C=O) groups excluding carboxylic acids is 1. The Morgan fingerprint density at radius 2 is 1.86 bits per heavy atom. The summed E-state index contributed by atoms with van der Waals surface area (Å²) in [5, 5.41) is 22.1. The molecule has 7 nitrogen and oxygen atoms in total. The molecule has 7 heteroatoms. The van der Waals surface area contributed by atoms with Gasteiger partial charge in [0.2, 0.25) is 5.91 Å². The first-order chi connectivity index (χ1) is 10.5. The lowest BCUT2D eigenvalue weighted by Crippen LogP contribution is -2.45. The Morgan fingerprint density at radius 3 is 2.32 bits per heavy atom. The number of nitrogens with one attached hydrogen (secondary N) is 4. The summed E-state index contributed by atoms with van der Waals surface area (Å²) in [6.45, 7) is 5.43. The van der Waals surface area contributed by atoms with E-state index in [0.29, 0.717) is 24.9 Å². The molecule has 0 aromatic rings. The molecule has 1 aliphatic rings. The summed E-state index contributed by atoms with van der Waals surface area (Å²) in [4.78, 5) is 12.4. The monoisotopic (exact) mass is 313 g/mol. The Kier molecular flexibility index (Phi) is 8.19. The maximum absolute atomic E-state index is 12.4. The van der Waals surface area contributed by atoms with Crippen molar-refractivity contribution in [2.45, 2.75) is 52.0 Å². The molecule has 1 aliphatic carbocycles. The first kappa shape index (κ1) is 18.7. The third-order valence-electron chi connectivity index (χ3n) is 3.99. The lowest BCUT2D eigenvalue weighted by Gasteiger charge is -2.26. The van der Waals surface area contributed by atoms with Gasteiger partial charge in [-0.15, -0.1) is 0 Å². The van der Waals surface area contributed by atoms with Gasteiger partial charge in [-0.1, -0.05) is 13.8 Å². The lowest BCUT2D eigenvalue weighted by molar-refractivity contribution is -0.128. The molecule has 0 aromatic heterocycles. The van der Waals surface area contributed by atoms with E-state index >= 15 is 0 Å². The van der Waals surface area contributed by atoms with E-state index in [1.807, 2.05) is 0 Å². The van der Waals surface area contributed by atoms with Crippen LogP contribution in [0.25, 0.3) is 0 Å². The highest BCUT2D eigenvalue weighted by Crippen LogP contribution is 2.37. The van der Waals surface area contributed by atoms with Gasteiger partial charge in [0.05, 0.1) is 5.92 Å². The topological polar surface area (TPSA) is 123 Å². The number of rotatable bonds is 11. The van der Waals surface area contributed by atoms with Crippen LogP contribution in [0, 0.1) is 23.2 Å². The maximum Gasteiger partial charge on any atom is 0.224 e. The fourth-order valence-electron chi connectivity index (χ4n) is 2.72. The molecule has 22 heavy (non-hydrogen) atoms. The van der Waals surface area contributed by atoms with Crippen LogP contribution in [0.15, 0.2) is 0 Å². The van der Waals surface area contributed by atoms with Crippen LogP contribution in [0.3, 0.4) is 0 Å². The Hall–Kier alpha value is -1.34. The molecule has 7 N–H and O–H groups in total. The molecule has 0 heterocycles. The van der Waals surface area contributed by atoms with Crippen molar-refractivity contribution in [1.29, 1.82) is 5.41 Å². The number of carbonyl (C=O) groups is 1. The van der Waals surface area contributed by atoms with Crippen molar-refractivity contribution in [2.75, 3.05) is 13.1 Å². The van der Waals surface area contributed by atoms with Gasteiger partial charge in [-0.2, -0.15) is 0 Å². The summed E-state index contributed by atoms with van der Waals surface area (Å²) >= 11 is 0. The lowest BCUT2D eigenvalue weighted by atomic mass is 9.87. The van der Waals surface area contributed by atoms with Crippen molar-refractivity contribution in [3.8, 4) is 0 Å². The molecule has 128 valence electrons. The minimum atomic E-state index is -0.187. The first-order valence-corrected chi connectivity index (χ1v) is 8.21. The van der Waals surface area contributed by atoms with Gasteiger partial charge in [-0.05, 0) is 43.9 Å². The Bertz CT molecular complexity index is 358. The summed E-state index contributed by atoms with van der Waals surface area (Å²) in [5.41, 5.74) is 7.56. The second kappa shape index (κ2) is 9.63. The van der Waals surface area contributed by atoms with Gasteiger partial charge >= 0.3 is 0 Å². The molecular weight excluding hydrogens is 282 g/mol. The molecule has 1 amide bonds. The summed E-state index contributed by atoms with van der Waals surface area (Å²) in [7, 11) is 0. The van der Waals surface area contributed by atoms with Crippen molar-refractivity contribution < 1.29 is 10.0 Å². The third-order valence-corrected chi connectivity index (χ3v) is 3.99. The zero-order chi connectivity index (χ0) is 16.5. The standard InChI is InChI=1S/C15H31N5O2/c1-10(2)9-12(13(20-22)11-5-6-11)14(21)18-7-3-4-8-19-15(16)17/h10-13,20,22H,3-9H2,1-2H3,(H,18,21)(H4,16,17,19)/t12-,13?/m0/s1. The molecule has 0 spiro atoms. The summed E-state index contributed by atoms with van der Waals surface area (Å²) in [5.74, 6) is 0.631. The Balaban J connectivity index is 2.34. The highest BCUT2D eigenvalue weighted by molar-refractivity contribution is 5.79. The van der Waals surface area contributed by atoms with Crippen LogP contribution < -0.4 is 21.8 Å². The van der Waals surface area contributed by atoms with Crippen LogP contribution in [0.5, 0.6) is 0 Å². The minimum Gasteiger partial charge on any atom is -0.370 e. The smallest absolute Gasteiger partial charge is 0.224 e. The predicted molar refractivity (Wildman–Crippen MR) is 86.5 cm³/mol. The number of hydrogen-bond donors (Lipinski definition) is 6. The van der Waals surface area contributed by atoms with Crippen LogP contribution in [0.1, 0.15) is 46.0 Å². The summed E-state index contributed by atoms with van der Waals surface area (Å²) in [6.07, 6.45) is 4.61. The van der Waals surface area contributed by atoms with Crippen LogP contribution in [-0.2, 0) is 4.79 Å². The number of amides is 1. The Labute approximate surface area is 132 Å². The molecule has 0 saturated heterocycles. The quantitative estimate of drug-likeness (QED) is 0.146. The Morgan fingerprint density at radius 1 is 1.27 bits per heavy atom. The minimum absolute atomic E-state index is 0.0201. The van der Waals surface area contributed by atoms with Crippen molar-refractivity contribution in [3.63, 3.8) is 0 Å².